The lowest BCUT2D eigenvalue weighted by molar-refractivity contribution is 0.409. The number of hydrogen-bond acceptors (Lipinski definition) is 6. The van der Waals surface area contributed by atoms with Crippen LogP contribution in [-0.4, -0.2) is 22.2 Å². The number of anilines is 1. The molecule has 8 heteroatoms. The van der Waals surface area contributed by atoms with Crippen LogP contribution in [0.25, 0.3) is 5.57 Å². The highest BCUT2D eigenvalue weighted by atomic mass is 19.1. The average molecular weight is 417 g/mol. The van der Waals surface area contributed by atoms with E-state index in [2.05, 4.69) is 39.2 Å². The molecule has 0 bridgehead atoms. The Labute approximate surface area is 179 Å². The number of aromatic nitrogens is 2. The number of aryl methyl sites for hydroxylation is 1. The van der Waals surface area contributed by atoms with Crippen molar-refractivity contribution in [2.75, 3.05) is 11.9 Å². The van der Waals surface area contributed by atoms with Crippen molar-refractivity contribution >= 4 is 17.1 Å². The molecule has 1 unspecified atom stereocenters. The lowest BCUT2D eigenvalue weighted by atomic mass is 10.00. The van der Waals surface area contributed by atoms with Crippen LogP contribution in [0.5, 0.6) is 0 Å². The number of fused-ring (bicyclic) bond motifs is 1. The predicted molar refractivity (Wildman–Crippen MR) is 119 cm³/mol. The van der Waals surface area contributed by atoms with Gasteiger partial charge in [0.1, 0.15) is 11.7 Å². The van der Waals surface area contributed by atoms with Crippen molar-refractivity contribution in [3.63, 3.8) is 0 Å². The number of nitrogens with one attached hydrogen (secondary N) is 3. The third-order valence-corrected chi connectivity index (χ3v) is 5.62. The minimum atomic E-state index is -1.30. The number of rotatable bonds is 3. The van der Waals surface area contributed by atoms with Gasteiger partial charge in [0.2, 0.25) is 5.79 Å². The van der Waals surface area contributed by atoms with E-state index >= 15 is 0 Å². The van der Waals surface area contributed by atoms with Gasteiger partial charge in [-0.05, 0) is 48.4 Å². The Morgan fingerprint density at radius 1 is 1.19 bits per heavy atom. The predicted octanol–water partition coefficient (Wildman–Crippen LogP) is 2.43. The SMILES string of the molecule is Cn1cc(C2=CNC(N)(c3cccc(F)c3)N=C2Nc2ccc3c(c2)CNCC3)cn1. The molecule has 0 saturated carbocycles. The summed E-state index contributed by atoms with van der Waals surface area (Å²) in [6, 6.07) is 12.5. The number of nitrogens with zero attached hydrogens (tertiary/aromatic N) is 3. The maximum atomic E-state index is 13.9. The van der Waals surface area contributed by atoms with Crippen LogP contribution in [0.3, 0.4) is 0 Å². The molecular formula is C23H24FN7. The molecule has 158 valence electrons. The molecule has 7 nitrogen and oxygen atoms in total. The quantitative estimate of drug-likeness (QED) is 0.525. The van der Waals surface area contributed by atoms with Gasteiger partial charge < -0.3 is 16.0 Å². The zero-order valence-corrected chi connectivity index (χ0v) is 17.2. The van der Waals surface area contributed by atoms with Crippen molar-refractivity contribution in [3.8, 4) is 0 Å². The highest BCUT2D eigenvalue weighted by molar-refractivity contribution is 6.28. The van der Waals surface area contributed by atoms with E-state index in [1.807, 2.05) is 13.2 Å². The number of amidine groups is 1. The molecule has 31 heavy (non-hydrogen) atoms. The van der Waals surface area contributed by atoms with E-state index in [-0.39, 0.29) is 5.82 Å². The van der Waals surface area contributed by atoms with Gasteiger partial charge in [-0.1, -0.05) is 18.2 Å². The minimum absolute atomic E-state index is 0.363. The molecule has 5 N–H and O–H groups in total. The van der Waals surface area contributed by atoms with Gasteiger partial charge in [-0.25, -0.2) is 9.38 Å². The molecule has 3 heterocycles. The Morgan fingerprint density at radius 3 is 2.90 bits per heavy atom. The molecule has 0 radical (unpaired) electrons. The molecular weight excluding hydrogens is 393 g/mol. The third kappa shape index (κ3) is 3.83. The summed E-state index contributed by atoms with van der Waals surface area (Å²) >= 11 is 0. The van der Waals surface area contributed by atoms with Crippen molar-refractivity contribution < 1.29 is 4.39 Å². The highest BCUT2D eigenvalue weighted by Crippen LogP contribution is 2.28. The molecule has 2 aromatic carbocycles. The Bertz CT molecular complexity index is 1200. The highest BCUT2D eigenvalue weighted by Gasteiger charge is 2.31. The van der Waals surface area contributed by atoms with Gasteiger partial charge >= 0.3 is 0 Å². The first-order valence-corrected chi connectivity index (χ1v) is 10.2. The van der Waals surface area contributed by atoms with Crippen molar-refractivity contribution in [3.05, 3.63) is 89.1 Å². The van der Waals surface area contributed by atoms with Crippen molar-refractivity contribution in [1.82, 2.24) is 20.4 Å². The summed E-state index contributed by atoms with van der Waals surface area (Å²) in [5.41, 5.74) is 12.3. The van der Waals surface area contributed by atoms with Crippen LogP contribution < -0.4 is 21.7 Å². The summed E-state index contributed by atoms with van der Waals surface area (Å²) < 4.78 is 15.6. The van der Waals surface area contributed by atoms with Crippen molar-refractivity contribution in [2.45, 2.75) is 18.8 Å². The largest absolute Gasteiger partial charge is 0.351 e. The monoisotopic (exact) mass is 417 g/mol. The van der Waals surface area contributed by atoms with Crippen LogP contribution in [-0.2, 0) is 25.8 Å². The fourth-order valence-corrected chi connectivity index (χ4v) is 3.96. The molecule has 2 aliphatic heterocycles. The third-order valence-electron chi connectivity index (χ3n) is 5.62. The van der Waals surface area contributed by atoms with E-state index in [1.165, 1.54) is 23.3 Å². The first-order chi connectivity index (χ1) is 15.0. The number of nitrogens with two attached hydrogens (primary N) is 1. The van der Waals surface area contributed by atoms with E-state index in [0.29, 0.717) is 11.4 Å². The zero-order valence-electron chi connectivity index (χ0n) is 17.2. The van der Waals surface area contributed by atoms with Gasteiger partial charge in [-0.2, -0.15) is 5.10 Å². The van der Waals surface area contributed by atoms with Gasteiger partial charge in [0.25, 0.3) is 0 Å². The molecule has 5 rings (SSSR count). The second kappa shape index (κ2) is 7.64. The summed E-state index contributed by atoms with van der Waals surface area (Å²) in [4.78, 5) is 4.78. The molecule has 2 aliphatic rings. The molecule has 3 aromatic rings. The molecule has 0 saturated heterocycles. The van der Waals surface area contributed by atoms with Crippen molar-refractivity contribution in [1.29, 1.82) is 0 Å². The van der Waals surface area contributed by atoms with E-state index in [0.717, 1.165) is 36.3 Å². The maximum Gasteiger partial charge on any atom is 0.211 e. The second-order valence-electron chi connectivity index (χ2n) is 7.88. The summed E-state index contributed by atoms with van der Waals surface area (Å²) in [6.07, 6.45) is 6.50. The number of hydrogen-bond donors (Lipinski definition) is 4. The lowest BCUT2D eigenvalue weighted by Crippen LogP contribution is -2.50. The molecule has 0 amide bonds. The summed E-state index contributed by atoms with van der Waals surface area (Å²) in [7, 11) is 1.86. The number of benzene rings is 2. The molecule has 0 spiro atoms. The van der Waals surface area contributed by atoms with Crippen LogP contribution >= 0.6 is 0 Å². The molecule has 0 aliphatic carbocycles. The zero-order chi connectivity index (χ0) is 21.4. The summed E-state index contributed by atoms with van der Waals surface area (Å²) in [6.45, 7) is 1.84. The minimum Gasteiger partial charge on any atom is -0.351 e. The van der Waals surface area contributed by atoms with E-state index in [1.54, 1.807) is 29.2 Å². The van der Waals surface area contributed by atoms with Crippen LogP contribution in [0, 0.1) is 5.82 Å². The van der Waals surface area contributed by atoms with Crippen LogP contribution in [0.1, 0.15) is 22.3 Å². The molecule has 0 fully saturated rings. The van der Waals surface area contributed by atoms with Crippen LogP contribution in [0.15, 0.2) is 66.1 Å². The topological polar surface area (TPSA) is 92.3 Å². The summed E-state index contributed by atoms with van der Waals surface area (Å²) in [5, 5.41) is 14.2. The normalized spacial score (nSPS) is 20.4. The number of aliphatic imine (C=N–C) groups is 1. The van der Waals surface area contributed by atoms with E-state index in [9.17, 15) is 4.39 Å². The van der Waals surface area contributed by atoms with Gasteiger partial charge in [-0.15, -0.1) is 0 Å². The first-order valence-electron chi connectivity index (χ1n) is 10.2. The lowest BCUT2D eigenvalue weighted by Gasteiger charge is -2.32. The Morgan fingerprint density at radius 2 is 2.10 bits per heavy atom. The Hall–Kier alpha value is -3.49. The maximum absolute atomic E-state index is 13.9. The Balaban J connectivity index is 1.54. The van der Waals surface area contributed by atoms with Crippen LogP contribution in [0.4, 0.5) is 10.1 Å². The Kier molecular flexibility index (Phi) is 4.80. The van der Waals surface area contributed by atoms with E-state index < -0.39 is 5.79 Å². The average Bonchev–Trinajstić information content (AvgIpc) is 3.20. The van der Waals surface area contributed by atoms with Gasteiger partial charge in [0.05, 0.1) is 6.20 Å². The first kappa shape index (κ1) is 19.5. The van der Waals surface area contributed by atoms with Crippen LogP contribution in [0.2, 0.25) is 0 Å². The molecule has 1 atom stereocenters. The van der Waals surface area contributed by atoms with Gasteiger partial charge in [-0.3, -0.25) is 10.4 Å². The fourth-order valence-electron chi connectivity index (χ4n) is 3.96. The van der Waals surface area contributed by atoms with Crippen molar-refractivity contribution in [2.24, 2.45) is 17.8 Å². The molecule has 1 aromatic heterocycles. The smallest absolute Gasteiger partial charge is 0.211 e. The van der Waals surface area contributed by atoms with Gasteiger partial charge in [0, 0.05) is 48.4 Å². The standard InChI is InChI=1S/C23H24FN7/c1-31-14-17(12-28-31)21-13-27-23(25,18-3-2-4-19(24)10-18)30-22(21)29-20-6-5-15-7-8-26-11-16(15)9-20/h2-6,9-10,12-14,26-27H,7-8,11,25H2,1H3,(H,29,30). The summed E-state index contributed by atoms with van der Waals surface area (Å²) in [5.74, 6) is -1.08. The van der Waals surface area contributed by atoms with E-state index in [4.69, 9.17) is 10.7 Å². The number of halogens is 1. The van der Waals surface area contributed by atoms with Gasteiger partial charge in [0.15, 0.2) is 0 Å². The fraction of sp³-hybridized carbons (Fsp3) is 0.217. The second-order valence-corrected chi connectivity index (χ2v) is 7.88.